The number of nitrogens with one attached hydrogen (secondary N) is 1. The lowest BCUT2D eigenvalue weighted by Crippen LogP contribution is -2.05. The second-order valence-electron chi connectivity index (χ2n) is 4.21. The smallest absolute Gasteiger partial charge is 0.195 e. The van der Waals surface area contributed by atoms with Crippen LogP contribution in [0.1, 0.15) is 19.8 Å². The van der Waals surface area contributed by atoms with E-state index < -0.39 is 0 Å². The van der Waals surface area contributed by atoms with Gasteiger partial charge in [-0.25, -0.2) is 0 Å². The molecule has 2 aromatic rings. The number of ether oxygens (including phenoxy) is 1. The lowest BCUT2D eigenvalue weighted by atomic mass is 10.2. The highest BCUT2D eigenvalue weighted by Crippen LogP contribution is 2.16. The van der Waals surface area contributed by atoms with Gasteiger partial charge in [0.1, 0.15) is 0 Å². The van der Waals surface area contributed by atoms with Gasteiger partial charge in [0.25, 0.3) is 0 Å². The number of aromatic amines is 1. The second-order valence-corrected chi connectivity index (χ2v) is 4.59. The Labute approximate surface area is 117 Å². The third-order valence-corrected chi connectivity index (χ3v) is 3.03. The van der Waals surface area contributed by atoms with E-state index in [-0.39, 0.29) is 0 Å². The number of nitrogens with zero attached hydrogens (tertiary/aromatic N) is 3. The minimum atomic E-state index is 0.641. The van der Waals surface area contributed by atoms with Gasteiger partial charge < -0.3 is 9.30 Å². The van der Waals surface area contributed by atoms with Crippen LogP contribution in [0.15, 0.2) is 24.5 Å². The largest absolute Gasteiger partial charge is 0.381 e. The van der Waals surface area contributed by atoms with E-state index in [0.717, 1.165) is 44.0 Å². The lowest BCUT2D eigenvalue weighted by Gasteiger charge is -2.07. The molecule has 0 aliphatic carbocycles. The van der Waals surface area contributed by atoms with Crippen LogP contribution in [0.3, 0.4) is 0 Å². The maximum Gasteiger partial charge on any atom is 0.195 e. The first-order chi connectivity index (χ1) is 9.33. The monoisotopic (exact) mass is 278 g/mol. The summed E-state index contributed by atoms with van der Waals surface area (Å²) in [5.74, 6) is 0.850. The molecule has 0 radical (unpaired) electrons. The van der Waals surface area contributed by atoms with Crippen LogP contribution in [0.2, 0.25) is 0 Å². The van der Waals surface area contributed by atoms with E-state index in [1.165, 1.54) is 0 Å². The van der Waals surface area contributed by atoms with Gasteiger partial charge in [-0.15, -0.1) is 0 Å². The molecule has 0 aliphatic rings. The van der Waals surface area contributed by atoms with Crippen molar-refractivity contribution in [3.05, 3.63) is 29.3 Å². The van der Waals surface area contributed by atoms with Gasteiger partial charge in [-0.3, -0.25) is 10.1 Å². The number of rotatable bonds is 7. The van der Waals surface area contributed by atoms with Crippen LogP contribution in [0.5, 0.6) is 0 Å². The zero-order valence-corrected chi connectivity index (χ0v) is 11.8. The van der Waals surface area contributed by atoms with Crippen molar-refractivity contribution < 1.29 is 4.74 Å². The molecule has 0 unspecified atom stereocenters. The molecule has 0 bridgehead atoms. The molecule has 102 valence electrons. The fourth-order valence-corrected chi connectivity index (χ4v) is 2.04. The lowest BCUT2D eigenvalue weighted by molar-refractivity contribution is 0.129. The van der Waals surface area contributed by atoms with E-state index >= 15 is 0 Å². The minimum absolute atomic E-state index is 0.641. The summed E-state index contributed by atoms with van der Waals surface area (Å²) < 4.78 is 8.12. The molecular formula is C13H18N4OS. The van der Waals surface area contributed by atoms with Crippen molar-refractivity contribution in [2.75, 3.05) is 13.2 Å². The molecule has 2 heterocycles. The van der Waals surface area contributed by atoms with Gasteiger partial charge in [0, 0.05) is 37.7 Å². The van der Waals surface area contributed by atoms with E-state index in [9.17, 15) is 0 Å². The van der Waals surface area contributed by atoms with E-state index in [0.29, 0.717) is 4.77 Å². The topological polar surface area (TPSA) is 55.7 Å². The summed E-state index contributed by atoms with van der Waals surface area (Å²) in [6, 6.07) is 3.85. The molecule has 0 fully saturated rings. The van der Waals surface area contributed by atoms with Gasteiger partial charge in [0.05, 0.1) is 0 Å². The summed E-state index contributed by atoms with van der Waals surface area (Å²) >= 11 is 5.26. The average molecular weight is 278 g/mol. The fraction of sp³-hybridized carbons (Fsp3) is 0.462. The number of pyridine rings is 1. The van der Waals surface area contributed by atoms with Gasteiger partial charge >= 0.3 is 0 Å². The third kappa shape index (κ3) is 3.71. The Morgan fingerprint density at radius 2 is 2.11 bits per heavy atom. The Balaban J connectivity index is 2.04. The Kier molecular flexibility index (Phi) is 5.23. The number of hydrogen-bond acceptors (Lipinski definition) is 4. The van der Waals surface area contributed by atoms with Gasteiger partial charge in [-0.1, -0.05) is 6.92 Å². The molecule has 0 aliphatic heterocycles. The van der Waals surface area contributed by atoms with Crippen molar-refractivity contribution in [3.8, 4) is 11.4 Å². The predicted octanol–water partition coefficient (Wildman–Crippen LogP) is 2.82. The van der Waals surface area contributed by atoms with Crippen LogP contribution in [-0.4, -0.2) is 33.0 Å². The van der Waals surface area contributed by atoms with Crippen molar-refractivity contribution in [3.63, 3.8) is 0 Å². The summed E-state index contributed by atoms with van der Waals surface area (Å²) in [7, 11) is 0. The third-order valence-electron chi connectivity index (χ3n) is 2.72. The minimum Gasteiger partial charge on any atom is -0.381 e. The Bertz CT molecular complexity index is 549. The predicted molar refractivity (Wildman–Crippen MR) is 76.4 cm³/mol. The number of H-pyrrole nitrogens is 1. The molecule has 0 amide bonds. The fourth-order valence-electron chi connectivity index (χ4n) is 1.82. The van der Waals surface area contributed by atoms with Crippen LogP contribution in [-0.2, 0) is 11.3 Å². The summed E-state index contributed by atoms with van der Waals surface area (Å²) in [5.41, 5.74) is 1.01. The van der Waals surface area contributed by atoms with Gasteiger partial charge in [0.15, 0.2) is 10.6 Å². The van der Waals surface area contributed by atoms with Crippen LogP contribution >= 0.6 is 12.2 Å². The van der Waals surface area contributed by atoms with Gasteiger partial charge in [-0.05, 0) is 37.2 Å². The van der Waals surface area contributed by atoms with Crippen LogP contribution in [0, 0.1) is 4.77 Å². The van der Waals surface area contributed by atoms with Crippen LogP contribution in [0.25, 0.3) is 11.4 Å². The maximum absolute atomic E-state index is 5.48. The van der Waals surface area contributed by atoms with Crippen molar-refractivity contribution in [1.82, 2.24) is 19.7 Å². The van der Waals surface area contributed by atoms with E-state index in [1.54, 1.807) is 12.4 Å². The molecule has 0 spiro atoms. The normalized spacial score (nSPS) is 10.8. The van der Waals surface area contributed by atoms with Gasteiger partial charge in [0.2, 0.25) is 0 Å². The molecular weight excluding hydrogens is 260 g/mol. The molecule has 0 aromatic carbocycles. The van der Waals surface area contributed by atoms with Crippen molar-refractivity contribution >= 4 is 12.2 Å². The number of hydrogen-bond donors (Lipinski definition) is 1. The summed E-state index contributed by atoms with van der Waals surface area (Å²) in [6.45, 7) is 4.47. The number of aromatic nitrogens is 4. The van der Waals surface area contributed by atoms with E-state index in [2.05, 4.69) is 22.1 Å². The first-order valence-electron chi connectivity index (χ1n) is 6.46. The molecule has 2 rings (SSSR count). The van der Waals surface area contributed by atoms with Crippen LogP contribution in [0.4, 0.5) is 0 Å². The molecule has 6 heteroatoms. The standard InChI is InChI=1S/C13H18N4OS/c1-2-9-18-10-3-8-17-12(15-16-13(17)19)11-4-6-14-7-5-11/h4-7H,2-3,8-10H2,1H3,(H,16,19). The first kappa shape index (κ1) is 13.9. The summed E-state index contributed by atoms with van der Waals surface area (Å²) in [4.78, 5) is 4.01. The Morgan fingerprint density at radius 3 is 2.84 bits per heavy atom. The Hall–Kier alpha value is -1.53. The molecule has 1 N–H and O–H groups in total. The average Bonchev–Trinajstić information content (AvgIpc) is 2.81. The van der Waals surface area contributed by atoms with Crippen molar-refractivity contribution in [2.45, 2.75) is 26.3 Å². The zero-order valence-electron chi connectivity index (χ0n) is 11.0. The molecule has 5 nitrogen and oxygen atoms in total. The van der Waals surface area contributed by atoms with Gasteiger partial charge in [-0.2, -0.15) is 5.10 Å². The van der Waals surface area contributed by atoms with Crippen LogP contribution < -0.4 is 0 Å². The highest BCUT2D eigenvalue weighted by Gasteiger charge is 2.07. The van der Waals surface area contributed by atoms with E-state index in [1.807, 2.05) is 16.7 Å². The molecule has 0 atom stereocenters. The molecule has 0 saturated heterocycles. The zero-order chi connectivity index (χ0) is 13.5. The second kappa shape index (κ2) is 7.16. The highest BCUT2D eigenvalue weighted by molar-refractivity contribution is 7.71. The first-order valence-corrected chi connectivity index (χ1v) is 6.87. The molecule has 19 heavy (non-hydrogen) atoms. The van der Waals surface area contributed by atoms with Crippen molar-refractivity contribution in [1.29, 1.82) is 0 Å². The highest BCUT2D eigenvalue weighted by atomic mass is 32.1. The summed E-state index contributed by atoms with van der Waals surface area (Å²) in [6.07, 6.45) is 5.48. The maximum atomic E-state index is 5.48. The molecule has 2 aromatic heterocycles. The Morgan fingerprint density at radius 1 is 1.32 bits per heavy atom. The molecule has 0 saturated carbocycles. The quantitative estimate of drug-likeness (QED) is 0.625. The van der Waals surface area contributed by atoms with E-state index in [4.69, 9.17) is 17.0 Å². The SMILES string of the molecule is CCCOCCCn1c(-c2ccncc2)n[nH]c1=S. The van der Waals surface area contributed by atoms with Crippen molar-refractivity contribution in [2.24, 2.45) is 0 Å². The summed E-state index contributed by atoms with van der Waals surface area (Å²) in [5, 5.41) is 7.12.